The number of benzene rings is 1. The van der Waals surface area contributed by atoms with Gasteiger partial charge in [0, 0.05) is 24.7 Å². The molecule has 2 heterocycles. The van der Waals surface area contributed by atoms with Crippen LogP contribution in [0.25, 0.3) is 11.3 Å². The number of carbonyl (C=O) groups is 2. The number of aliphatic hydroxyl groups is 1. The van der Waals surface area contributed by atoms with Crippen molar-refractivity contribution in [2.24, 2.45) is 5.73 Å². The Morgan fingerprint density at radius 2 is 2.12 bits per heavy atom. The second kappa shape index (κ2) is 8.28. The average Bonchev–Trinajstić information content (AvgIpc) is 2.93. The van der Waals surface area contributed by atoms with Crippen molar-refractivity contribution in [3.8, 4) is 23.6 Å². The summed E-state index contributed by atoms with van der Waals surface area (Å²) in [7, 11) is 1.69. The predicted octanol–water partition coefficient (Wildman–Crippen LogP) is 1.35. The molecule has 1 aromatic heterocycles. The topological polar surface area (TPSA) is 96.5 Å². The Kier molecular flexibility index (Phi) is 6.10. The molecule has 0 spiro atoms. The number of hydrogen-bond acceptors (Lipinski definition) is 4. The van der Waals surface area contributed by atoms with Crippen LogP contribution in [0.5, 0.6) is 0 Å². The highest BCUT2D eigenvalue weighted by molar-refractivity contribution is 5.92. The van der Waals surface area contributed by atoms with Gasteiger partial charge in [0.05, 0.1) is 5.69 Å². The summed E-state index contributed by atoms with van der Waals surface area (Å²) in [5.74, 6) is 1.89. The molecule has 1 aliphatic rings. The van der Waals surface area contributed by atoms with Gasteiger partial charge in [-0.3, -0.25) is 9.59 Å². The van der Waals surface area contributed by atoms with E-state index in [1.165, 1.54) is 4.90 Å². The summed E-state index contributed by atoms with van der Waals surface area (Å²) in [5, 5.41) is 8.78. The molecule has 6 nitrogen and oxygen atoms in total. The van der Waals surface area contributed by atoms with Gasteiger partial charge in [0.2, 0.25) is 0 Å². The Hall–Kier alpha value is -3.17. The number of aryl methyl sites for hydroxylation is 1. The van der Waals surface area contributed by atoms with Crippen LogP contribution in [0.3, 0.4) is 0 Å². The number of likely N-dealkylation sites (tertiary alicyclic amines) is 1. The molecule has 6 heteroatoms. The first-order chi connectivity index (χ1) is 12.3. The quantitative estimate of drug-likeness (QED) is 0.798. The summed E-state index contributed by atoms with van der Waals surface area (Å²) in [6.45, 7) is 2.49. The van der Waals surface area contributed by atoms with E-state index in [-0.39, 0.29) is 5.91 Å². The van der Waals surface area contributed by atoms with Gasteiger partial charge in [0.15, 0.2) is 0 Å². The van der Waals surface area contributed by atoms with Crippen LogP contribution < -0.4 is 5.73 Å². The van der Waals surface area contributed by atoms with Crippen molar-refractivity contribution in [1.29, 1.82) is 0 Å². The maximum absolute atomic E-state index is 11.3. The van der Waals surface area contributed by atoms with Crippen molar-refractivity contribution in [1.82, 2.24) is 9.88 Å². The van der Waals surface area contributed by atoms with Crippen molar-refractivity contribution in [2.45, 2.75) is 19.4 Å². The van der Waals surface area contributed by atoms with E-state index in [2.05, 4.69) is 10.9 Å². The number of likely N-dealkylation sites (N-methyl/N-ethyl adjacent to an activating group) is 1. The van der Waals surface area contributed by atoms with E-state index in [9.17, 15) is 9.59 Å². The molecule has 1 aliphatic heterocycles. The number of nitrogens with two attached hydrogens (primary N) is 1. The van der Waals surface area contributed by atoms with Crippen LogP contribution >= 0.6 is 0 Å². The van der Waals surface area contributed by atoms with E-state index >= 15 is 0 Å². The summed E-state index contributed by atoms with van der Waals surface area (Å²) in [6.07, 6.45) is 5.22. The Labute approximate surface area is 152 Å². The van der Waals surface area contributed by atoms with Gasteiger partial charge in [-0.05, 0) is 37.1 Å². The lowest BCUT2D eigenvalue weighted by atomic mass is 10.1. The number of primary amides is 1. The molecule has 0 radical (unpaired) electrons. The molecule has 1 aromatic carbocycles. The lowest BCUT2D eigenvalue weighted by Crippen LogP contribution is -2.24. The van der Waals surface area contributed by atoms with Gasteiger partial charge in [-0.25, -0.2) is 4.98 Å². The number of amides is 2. The van der Waals surface area contributed by atoms with E-state index < -0.39 is 12.0 Å². The molecule has 1 atom stereocenters. The van der Waals surface area contributed by atoms with Gasteiger partial charge < -0.3 is 15.7 Å². The maximum Gasteiger partial charge on any atom is 0.267 e. The van der Waals surface area contributed by atoms with Gasteiger partial charge >= 0.3 is 0 Å². The van der Waals surface area contributed by atoms with E-state index in [0.29, 0.717) is 24.4 Å². The number of hydrogen-bond donors (Lipinski definition) is 2. The molecule has 1 saturated heterocycles. The van der Waals surface area contributed by atoms with E-state index in [1.54, 1.807) is 14.0 Å². The molecule has 0 aliphatic carbocycles. The Balaban J connectivity index is 0.000000254. The van der Waals surface area contributed by atoms with Gasteiger partial charge in [0.1, 0.15) is 11.8 Å². The zero-order chi connectivity index (χ0) is 19.3. The Bertz CT molecular complexity index is 859. The third-order valence-corrected chi connectivity index (χ3v) is 4.05. The molecule has 3 N–H and O–H groups in total. The van der Waals surface area contributed by atoms with Gasteiger partial charge in [-0.2, -0.15) is 0 Å². The van der Waals surface area contributed by atoms with Crippen LogP contribution in [0, 0.1) is 19.3 Å². The smallest absolute Gasteiger partial charge is 0.267 e. The van der Waals surface area contributed by atoms with Gasteiger partial charge in [-0.15, -0.1) is 6.42 Å². The fourth-order valence-corrected chi connectivity index (χ4v) is 2.51. The molecular weight excluding hydrogens is 330 g/mol. The molecule has 1 fully saturated rings. The van der Waals surface area contributed by atoms with Crippen LogP contribution in [-0.4, -0.2) is 46.5 Å². The molecular formula is C20H21N3O3. The predicted molar refractivity (Wildman–Crippen MR) is 99.1 cm³/mol. The van der Waals surface area contributed by atoms with Crippen LogP contribution in [0.2, 0.25) is 0 Å². The standard InChI is InChI=1S/C15H12N2O.C5H9NO2/c1-3-11-5-4-6-12(9-11)13-8-7-10(2)14(17-13)15(16)18;1-6-3-2-4(7)5(6)8/h1,4-9H,2H3,(H2,16,18);4,7H,2-3H2,1H3. The highest BCUT2D eigenvalue weighted by Crippen LogP contribution is 2.19. The summed E-state index contributed by atoms with van der Waals surface area (Å²) >= 11 is 0. The van der Waals surface area contributed by atoms with Crippen molar-refractivity contribution >= 4 is 11.8 Å². The van der Waals surface area contributed by atoms with Crippen LogP contribution in [0.4, 0.5) is 0 Å². The number of carbonyl (C=O) groups excluding carboxylic acids is 2. The second-order valence-corrected chi connectivity index (χ2v) is 6.02. The monoisotopic (exact) mass is 351 g/mol. The highest BCUT2D eigenvalue weighted by Gasteiger charge is 2.25. The zero-order valence-corrected chi connectivity index (χ0v) is 14.8. The van der Waals surface area contributed by atoms with Gasteiger partial charge in [0.25, 0.3) is 11.8 Å². The molecule has 0 bridgehead atoms. The highest BCUT2D eigenvalue weighted by atomic mass is 16.3. The third kappa shape index (κ3) is 4.47. The first-order valence-electron chi connectivity index (χ1n) is 8.11. The van der Waals surface area contributed by atoms with Gasteiger partial charge in [-0.1, -0.05) is 24.1 Å². The minimum absolute atomic E-state index is 0.148. The summed E-state index contributed by atoms with van der Waals surface area (Å²) in [5.41, 5.74) is 8.67. The number of aliphatic hydroxyl groups excluding tert-OH is 1. The number of rotatable bonds is 2. The summed E-state index contributed by atoms with van der Waals surface area (Å²) < 4.78 is 0. The van der Waals surface area contributed by atoms with Crippen LogP contribution in [0.15, 0.2) is 36.4 Å². The fourth-order valence-electron chi connectivity index (χ4n) is 2.51. The number of nitrogens with zero attached hydrogens (tertiary/aromatic N) is 2. The SMILES string of the molecule is C#Cc1cccc(-c2ccc(C)c(C(N)=O)n2)c1.CN1CCC(O)C1=O. The van der Waals surface area contributed by atoms with E-state index in [1.807, 2.05) is 36.4 Å². The summed E-state index contributed by atoms with van der Waals surface area (Å²) in [4.78, 5) is 27.6. The molecule has 2 aromatic rings. The second-order valence-electron chi connectivity index (χ2n) is 6.02. The average molecular weight is 351 g/mol. The Morgan fingerprint density at radius 3 is 2.62 bits per heavy atom. The third-order valence-electron chi connectivity index (χ3n) is 4.05. The first-order valence-corrected chi connectivity index (χ1v) is 8.11. The molecule has 26 heavy (non-hydrogen) atoms. The van der Waals surface area contributed by atoms with Crippen molar-refractivity contribution < 1.29 is 14.7 Å². The first kappa shape index (κ1) is 19.2. The minimum atomic E-state index is -0.722. The van der Waals surface area contributed by atoms with Crippen molar-refractivity contribution in [3.63, 3.8) is 0 Å². The molecule has 2 amide bonds. The lowest BCUT2D eigenvalue weighted by Gasteiger charge is -2.05. The molecule has 3 rings (SSSR count). The number of terminal acetylenes is 1. The van der Waals surface area contributed by atoms with Crippen molar-refractivity contribution in [2.75, 3.05) is 13.6 Å². The zero-order valence-electron chi connectivity index (χ0n) is 14.8. The largest absolute Gasteiger partial charge is 0.383 e. The fraction of sp³-hybridized carbons (Fsp3) is 0.250. The van der Waals surface area contributed by atoms with Crippen LogP contribution in [0.1, 0.15) is 28.0 Å². The van der Waals surface area contributed by atoms with Crippen molar-refractivity contribution in [3.05, 3.63) is 53.2 Å². The Morgan fingerprint density at radius 1 is 1.38 bits per heavy atom. The molecule has 0 saturated carbocycles. The number of pyridine rings is 1. The van der Waals surface area contributed by atoms with E-state index in [4.69, 9.17) is 17.3 Å². The number of aromatic nitrogens is 1. The molecule has 134 valence electrons. The maximum atomic E-state index is 11.3. The molecule has 1 unspecified atom stereocenters. The van der Waals surface area contributed by atoms with Crippen LogP contribution in [-0.2, 0) is 4.79 Å². The minimum Gasteiger partial charge on any atom is -0.383 e. The lowest BCUT2D eigenvalue weighted by molar-refractivity contribution is -0.133. The normalized spacial score (nSPS) is 15.8. The summed E-state index contributed by atoms with van der Waals surface area (Å²) in [6, 6.07) is 11.1. The van der Waals surface area contributed by atoms with E-state index in [0.717, 1.165) is 16.7 Å².